The Balaban J connectivity index is 1.75. The minimum atomic E-state index is 0.958. The quantitative estimate of drug-likeness (QED) is 0.779. The Morgan fingerprint density at radius 3 is 2.68 bits per heavy atom. The third-order valence-corrected chi connectivity index (χ3v) is 4.53. The van der Waals surface area contributed by atoms with Gasteiger partial charge in [-0.2, -0.15) is 0 Å². The van der Waals surface area contributed by atoms with Crippen molar-refractivity contribution < 1.29 is 0 Å². The molecule has 2 aliphatic heterocycles. The number of para-hydroxylation sites is 1. The normalized spacial score (nSPS) is 16.2. The predicted octanol–water partition coefficient (Wildman–Crippen LogP) is 4.09. The molecule has 2 aliphatic rings. The van der Waals surface area contributed by atoms with Crippen LogP contribution < -0.4 is 4.90 Å². The smallest absolute Gasteiger partial charge is 0.0440 e. The Morgan fingerprint density at radius 1 is 0.909 bits per heavy atom. The zero-order valence-electron chi connectivity index (χ0n) is 13.1. The van der Waals surface area contributed by atoms with Crippen molar-refractivity contribution in [3.63, 3.8) is 0 Å². The van der Waals surface area contributed by atoms with Gasteiger partial charge in [-0.25, -0.2) is 0 Å². The van der Waals surface area contributed by atoms with Crippen LogP contribution in [0.4, 0.5) is 5.69 Å². The molecule has 0 spiro atoms. The highest BCUT2D eigenvalue weighted by Gasteiger charge is 2.16. The number of benzene rings is 2. The lowest BCUT2D eigenvalue weighted by Crippen LogP contribution is -2.23. The number of likely N-dealkylation sites (N-methyl/N-ethyl adjacent to an activating group) is 1. The zero-order valence-corrected chi connectivity index (χ0v) is 13.1. The lowest BCUT2D eigenvalue weighted by molar-refractivity contribution is 0.448. The molecule has 110 valence electrons. The van der Waals surface area contributed by atoms with Crippen LogP contribution in [0.15, 0.2) is 48.7 Å². The lowest BCUT2D eigenvalue weighted by atomic mass is 9.93. The zero-order chi connectivity index (χ0) is 15.1. The fourth-order valence-electron chi connectivity index (χ4n) is 3.33. The van der Waals surface area contributed by atoms with Gasteiger partial charge in [-0.1, -0.05) is 30.3 Å². The van der Waals surface area contributed by atoms with E-state index < -0.39 is 0 Å². The summed E-state index contributed by atoms with van der Waals surface area (Å²) in [7, 11) is 4.28. The maximum absolute atomic E-state index is 2.33. The minimum Gasteiger partial charge on any atom is -0.376 e. The van der Waals surface area contributed by atoms with Crippen molar-refractivity contribution in [2.24, 2.45) is 0 Å². The second-order valence-electron chi connectivity index (χ2n) is 6.23. The molecule has 2 heterocycles. The van der Waals surface area contributed by atoms with Gasteiger partial charge in [-0.15, -0.1) is 0 Å². The summed E-state index contributed by atoms with van der Waals surface area (Å²) in [6.45, 7) is 1.95. The molecule has 0 radical (unpaired) electrons. The fraction of sp³-hybridized carbons (Fsp3) is 0.200. The Kier molecular flexibility index (Phi) is 3.04. The van der Waals surface area contributed by atoms with Crippen molar-refractivity contribution in [1.82, 2.24) is 4.90 Å². The van der Waals surface area contributed by atoms with E-state index in [9.17, 15) is 0 Å². The summed E-state index contributed by atoms with van der Waals surface area (Å²) < 4.78 is 0. The molecule has 0 aliphatic carbocycles. The van der Waals surface area contributed by atoms with Crippen LogP contribution in [-0.4, -0.2) is 25.5 Å². The molecule has 0 bridgehead atoms. The number of hydrogen-bond acceptors (Lipinski definition) is 2. The largest absolute Gasteiger partial charge is 0.376 e. The first kappa shape index (κ1) is 13.2. The van der Waals surface area contributed by atoms with Crippen LogP contribution in [-0.2, 0) is 6.54 Å². The van der Waals surface area contributed by atoms with Crippen molar-refractivity contribution in [1.29, 1.82) is 0 Å². The van der Waals surface area contributed by atoms with Gasteiger partial charge in [0.25, 0.3) is 0 Å². The van der Waals surface area contributed by atoms with Crippen molar-refractivity contribution in [2.75, 3.05) is 25.5 Å². The SMILES string of the molecule is CN1C=Cc2cc(C3=Cc4ccccc4N(C)C3)ccc2C1. The molecule has 2 heteroatoms. The lowest BCUT2D eigenvalue weighted by Gasteiger charge is -2.28. The molecule has 4 rings (SSSR count). The maximum Gasteiger partial charge on any atom is 0.0440 e. The molecule has 0 saturated carbocycles. The van der Waals surface area contributed by atoms with Crippen molar-refractivity contribution >= 4 is 23.4 Å². The van der Waals surface area contributed by atoms with Crippen LogP contribution in [0.5, 0.6) is 0 Å². The third kappa shape index (κ3) is 2.21. The van der Waals surface area contributed by atoms with E-state index in [0.717, 1.165) is 13.1 Å². The molecule has 2 aromatic rings. The molecule has 0 aromatic heterocycles. The molecule has 0 N–H and O–H groups in total. The van der Waals surface area contributed by atoms with E-state index in [1.54, 1.807) is 0 Å². The van der Waals surface area contributed by atoms with E-state index in [1.807, 2.05) is 0 Å². The number of fused-ring (bicyclic) bond motifs is 2. The van der Waals surface area contributed by atoms with Gasteiger partial charge in [0.1, 0.15) is 0 Å². The summed E-state index contributed by atoms with van der Waals surface area (Å²) >= 11 is 0. The Labute approximate surface area is 132 Å². The number of rotatable bonds is 1. The van der Waals surface area contributed by atoms with E-state index >= 15 is 0 Å². The van der Waals surface area contributed by atoms with Gasteiger partial charge in [0.05, 0.1) is 0 Å². The summed E-state index contributed by atoms with van der Waals surface area (Å²) in [5, 5.41) is 0. The third-order valence-electron chi connectivity index (χ3n) is 4.53. The maximum atomic E-state index is 2.33. The number of nitrogens with zero attached hydrogens (tertiary/aromatic N) is 2. The predicted molar refractivity (Wildman–Crippen MR) is 94.5 cm³/mol. The van der Waals surface area contributed by atoms with E-state index in [1.165, 1.54) is 33.5 Å². The molecule has 0 amide bonds. The van der Waals surface area contributed by atoms with Crippen molar-refractivity contribution in [2.45, 2.75) is 6.54 Å². The second-order valence-corrected chi connectivity index (χ2v) is 6.23. The molecule has 0 unspecified atom stereocenters. The average Bonchev–Trinajstić information content (AvgIpc) is 2.54. The average molecular weight is 288 g/mol. The molecule has 2 aromatic carbocycles. The van der Waals surface area contributed by atoms with E-state index in [2.05, 4.69) is 84.7 Å². The van der Waals surface area contributed by atoms with Crippen LogP contribution in [0.1, 0.15) is 22.3 Å². The fourth-order valence-corrected chi connectivity index (χ4v) is 3.33. The highest BCUT2D eigenvalue weighted by atomic mass is 15.1. The topological polar surface area (TPSA) is 6.48 Å². The standard InChI is InChI=1S/C20H20N2/c1-21-10-9-16-11-15(7-8-18(16)13-21)19-12-17-5-3-4-6-20(17)22(2)14-19/h3-12H,13-14H2,1-2H3. The van der Waals surface area contributed by atoms with E-state index in [-0.39, 0.29) is 0 Å². The first-order chi connectivity index (χ1) is 10.7. The minimum absolute atomic E-state index is 0.958. The molecule has 2 nitrogen and oxygen atoms in total. The van der Waals surface area contributed by atoms with Crippen LogP contribution >= 0.6 is 0 Å². The van der Waals surface area contributed by atoms with Gasteiger partial charge in [-0.05, 0) is 58.3 Å². The van der Waals surface area contributed by atoms with Crippen molar-refractivity contribution in [3.8, 4) is 0 Å². The second kappa shape index (κ2) is 5.06. The van der Waals surface area contributed by atoms with Crippen LogP contribution in [0.2, 0.25) is 0 Å². The highest BCUT2D eigenvalue weighted by molar-refractivity contribution is 5.91. The number of hydrogen-bond donors (Lipinski definition) is 0. The van der Waals surface area contributed by atoms with Crippen LogP contribution in [0, 0.1) is 0 Å². The summed E-state index contributed by atoms with van der Waals surface area (Å²) in [6, 6.07) is 15.5. The first-order valence-electron chi connectivity index (χ1n) is 7.73. The summed E-state index contributed by atoms with van der Waals surface area (Å²) in [5.74, 6) is 0. The van der Waals surface area contributed by atoms with E-state index in [4.69, 9.17) is 0 Å². The molecule has 0 fully saturated rings. The summed E-state index contributed by atoms with van der Waals surface area (Å²) in [6.07, 6.45) is 6.70. The van der Waals surface area contributed by atoms with Crippen LogP contribution in [0.25, 0.3) is 17.7 Å². The summed E-state index contributed by atoms with van der Waals surface area (Å²) in [5.41, 5.74) is 8.08. The molecule has 0 saturated heterocycles. The Morgan fingerprint density at radius 2 is 1.77 bits per heavy atom. The molecular formula is C20H20N2. The highest BCUT2D eigenvalue weighted by Crippen LogP contribution is 2.32. The van der Waals surface area contributed by atoms with Gasteiger partial charge in [0.15, 0.2) is 0 Å². The Hall–Kier alpha value is -2.48. The summed E-state index contributed by atoms with van der Waals surface area (Å²) in [4.78, 5) is 4.54. The van der Waals surface area contributed by atoms with Gasteiger partial charge in [0.2, 0.25) is 0 Å². The monoisotopic (exact) mass is 288 g/mol. The molecular weight excluding hydrogens is 268 g/mol. The Bertz CT molecular complexity index is 786. The molecule has 0 atom stereocenters. The van der Waals surface area contributed by atoms with E-state index in [0.29, 0.717) is 0 Å². The van der Waals surface area contributed by atoms with Gasteiger partial charge < -0.3 is 9.80 Å². The van der Waals surface area contributed by atoms with Gasteiger partial charge in [-0.3, -0.25) is 0 Å². The van der Waals surface area contributed by atoms with Crippen molar-refractivity contribution in [3.05, 3.63) is 70.9 Å². The first-order valence-corrected chi connectivity index (χ1v) is 7.73. The number of anilines is 1. The van der Waals surface area contributed by atoms with Gasteiger partial charge in [0, 0.05) is 32.9 Å². The van der Waals surface area contributed by atoms with Gasteiger partial charge >= 0.3 is 0 Å². The van der Waals surface area contributed by atoms with Crippen LogP contribution in [0.3, 0.4) is 0 Å². The molecule has 22 heavy (non-hydrogen) atoms.